The lowest BCUT2D eigenvalue weighted by Crippen LogP contribution is -2.21. The second-order valence-corrected chi connectivity index (χ2v) is 8.67. The van der Waals surface area contributed by atoms with Crippen LogP contribution in [0.15, 0.2) is 42.5 Å². The molecule has 0 aliphatic carbocycles. The number of hydrogen-bond donors (Lipinski definition) is 1. The van der Waals surface area contributed by atoms with E-state index in [4.69, 9.17) is 37.4 Å². The lowest BCUT2D eigenvalue weighted by atomic mass is 10.0. The van der Waals surface area contributed by atoms with Gasteiger partial charge in [0.2, 0.25) is 0 Å². The molecular formula is C23H21Cl2NO5S. The van der Waals surface area contributed by atoms with Crippen LogP contribution in [0.3, 0.4) is 0 Å². The maximum atomic E-state index is 12.6. The van der Waals surface area contributed by atoms with E-state index in [-0.39, 0.29) is 12.2 Å². The minimum Gasteiger partial charge on any atom is -0.494 e. The molecule has 6 nitrogen and oxygen atoms in total. The molecule has 0 saturated carbocycles. The van der Waals surface area contributed by atoms with Crippen LogP contribution in [-0.2, 0) is 9.53 Å². The Morgan fingerprint density at radius 3 is 2.41 bits per heavy atom. The summed E-state index contributed by atoms with van der Waals surface area (Å²) in [6.07, 6.45) is 0. The lowest BCUT2D eigenvalue weighted by Gasteiger charge is -2.10. The average Bonchev–Trinajstić information content (AvgIpc) is 3.08. The van der Waals surface area contributed by atoms with E-state index in [0.29, 0.717) is 33.0 Å². The molecule has 0 unspecified atom stereocenters. The van der Waals surface area contributed by atoms with Gasteiger partial charge in [-0.2, -0.15) is 0 Å². The van der Waals surface area contributed by atoms with E-state index in [1.807, 2.05) is 38.1 Å². The van der Waals surface area contributed by atoms with Crippen molar-refractivity contribution >= 4 is 51.4 Å². The third-order valence-electron chi connectivity index (χ3n) is 4.43. The van der Waals surface area contributed by atoms with Crippen LogP contribution >= 0.6 is 34.5 Å². The first-order chi connectivity index (χ1) is 15.3. The number of carbonyl (C=O) groups is 2. The van der Waals surface area contributed by atoms with E-state index < -0.39 is 11.9 Å². The molecule has 3 aromatic rings. The fourth-order valence-electron chi connectivity index (χ4n) is 3.06. The quantitative estimate of drug-likeness (QED) is 0.376. The molecule has 0 atom stereocenters. The van der Waals surface area contributed by atoms with E-state index in [2.05, 4.69) is 5.32 Å². The van der Waals surface area contributed by atoms with Crippen molar-refractivity contribution in [1.29, 1.82) is 0 Å². The van der Waals surface area contributed by atoms with Crippen molar-refractivity contribution in [1.82, 2.24) is 0 Å². The van der Waals surface area contributed by atoms with E-state index in [1.54, 1.807) is 12.1 Å². The molecule has 0 bridgehead atoms. The summed E-state index contributed by atoms with van der Waals surface area (Å²) >= 11 is 13.2. The van der Waals surface area contributed by atoms with Crippen LogP contribution in [0.5, 0.6) is 11.5 Å². The normalized spacial score (nSPS) is 10.5. The molecule has 0 saturated heterocycles. The molecule has 9 heteroatoms. The van der Waals surface area contributed by atoms with Crippen LogP contribution in [0.4, 0.5) is 5.00 Å². The fraction of sp³-hybridized carbons (Fsp3) is 0.217. The number of esters is 1. The third-order valence-corrected chi connectivity index (χ3v) is 5.98. The zero-order valence-electron chi connectivity index (χ0n) is 17.7. The zero-order valence-corrected chi connectivity index (χ0v) is 20.0. The van der Waals surface area contributed by atoms with Gasteiger partial charge in [0.05, 0.1) is 18.7 Å². The van der Waals surface area contributed by atoms with Crippen molar-refractivity contribution in [3.8, 4) is 22.6 Å². The van der Waals surface area contributed by atoms with Crippen molar-refractivity contribution < 1.29 is 23.8 Å². The Morgan fingerprint density at radius 1 is 1.06 bits per heavy atom. The van der Waals surface area contributed by atoms with Crippen LogP contribution in [0.2, 0.25) is 10.0 Å². The predicted molar refractivity (Wildman–Crippen MR) is 128 cm³/mol. The highest BCUT2D eigenvalue weighted by Gasteiger charge is 2.25. The summed E-state index contributed by atoms with van der Waals surface area (Å²) in [6, 6.07) is 12.1. The number of halogens is 2. The Morgan fingerprint density at radius 2 is 1.78 bits per heavy atom. The smallest absolute Gasteiger partial charge is 0.341 e. The van der Waals surface area contributed by atoms with Gasteiger partial charge >= 0.3 is 5.97 Å². The first kappa shape index (κ1) is 23.9. The van der Waals surface area contributed by atoms with Gasteiger partial charge in [0.15, 0.2) is 6.61 Å². The monoisotopic (exact) mass is 493 g/mol. The number of ether oxygens (including phenoxy) is 3. The second kappa shape index (κ2) is 10.7. The van der Waals surface area contributed by atoms with Crippen molar-refractivity contribution in [3.05, 3.63) is 63.0 Å². The summed E-state index contributed by atoms with van der Waals surface area (Å²) < 4.78 is 16.0. The molecule has 0 spiro atoms. The largest absolute Gasteiger partial charge is 0.494 e. The number of thiophene rings is 1. The number of carbonyl (C=O) groups excluding carboxylic acids is 2. The standard InChI is InChI=1S/C23H21Cl2NO5S/c1-4-30-16-8-5-14(6-9-16)20-13(2)32-22(21(20)23(28)29-3)26-19(27)12-31-18-10-7-15(24)11-17(18)25/h5-11H,4,12H2,1-3H3,(H,26,27). The molecule has 3 rings (SSSR count). The SMILES string of the molecule is CCOc1ccc(-c2c(C)sc(NC(=O)COc3ccc(Cl)cc3Cl)c2C(=O)OC)cc1. The van der Waals surface area contributed by atoms with Crippen molar-refractivity contribution in [3.63, 3.8) is 0 Å². The number of hydrogen-bond acceptors (Lipinski definition) is 6. The minimum absolute atomic E-state index is 0.289. The minimum atomic E-state index is -0.546. The first-order valence-electron chi connectivity index (χ1n) is 9.66. The Hall–Kier alpha value is -2.74. The van der Waals surface area contributed by atoms with Crippen molar-refractivity contribution in [2.45, 2.75) is 13.8 Å². The van der Waals surface area contributed by atoms with Crippen LogP contribution in [0.1, 0.15) is 22.2 Å². The summed E-state index contributed by atoms with van der Waals surface area (Å²) in [5.74, 6) is 0.0722. The molecular weight excluding hydrogens is 473 g/mol. The number of anilines is 1. The first-order valence-corrected chi connectivity index (χ1v) is 11.2. The van der Waals surface area contributed by atoms with Gasteiger partial charge in [0.1, 0.15) is 22.1 Å². The highest BCUT2D eigenvalue weighted by atomic mass is 35.5. The van der Waals surface area contributed by atoms with Gasteiger partial charge < -0.3 is 19.5 Å². The van der Waals surface area contributed by atoms with Gasteiger partial charge in [0, 0.05) is 15.5 Å². The summed E-state index contributed by atoms with van der Waals surface area (Å²) in [4.78, 5) is 26.0. The molecule has 0 aliphatic rings. The van der Waals surface area contributed by atoms with Gasteiger partial charge in [-0.3, -0.25) is 4.79 Å². The number of methoxy groups -OCH3 is 1. The molecule has 0 aliphatic heterocycles. The van der Waals surface area contributed by atoms with Gasteiger partial charge in [-0.15, -0.1) is 11.3 Å². The molecule has 0 fully saturated rings. The summed E-state index contributed by atoms with van der Waals surface area (Å²) in [5, 5.41) is 3.89. The molecule has 168 valence electrons. The Balaban J connectivity index is 1.83. The Bertz CT molecular complexity index is 1130. The Labute approximate surface area is 200 Å². The maximum Gasteiger partial charge on any atom is 0.341 e. The number of benzene rings is 2. The van der Waals surface area contributed by atoms with E-state index >= 15 is 0 Å². The molecule has 2 aromatic carbocycles. The molecule has 32 heavy (non-hydrogen) atoms. The van der Waals surface area contributed by atoms with Gasteiger partial charge in [-0.05, 0) is 49.7 Å². The molecule has 1 amide bonds. The predicted octanol–water partition coefficient (Wildman–Crippen LogP) is 6.23. The molecule has 1 heterocycles. The number of aryl methyl sites for hydroxylation is 1. The summed E-state index contributed by atoms with van der Waals surface area (Å²) in [6.45, 7) is 4.05. The maximum absolute atomic E-state index is 12.6. The number of rotatable bonds is 8. The van der Waals surface area contributed by atoms with Crippen molar-refractivity contribution in [2.75, 3.05) is 25.6 Å². The van der Waals surface area contributed by atoms with Crippen LogP contribution < -0.4 is 14.8 Å². The fourth-order valence-corrected chi connectivity index (χ4v) is 4.60. The van der Waals surface area contributed by atoms with Gasteiger partial charge in [-0.25, -0.2) is 4.79 Å². The summed E-state index contributed by atoms with van der Waals surface area (Å²) in [5.41, 5.74) is 1.80. The number of amides is 1. The average molecular weight is 494 g/mol. The topological polar surface area (TPSA) is 73.9 Å². The van der Waals surface area contributed by atoms with E-state index in [0.717, 1.165) is 16.2 Å². The van der Waals surface area contributed by atoms with Crippen molar-refractivity contribution in [2.24, 2.45) is 0 Å². The molecule has 1 N–H and O–H groups in total. The number of nitrogens with one attached hydrogen (secondary N) is 1. The van der Waals surface area contributed by atoms with Gasteiger partial charge in [-0.1, -0.05) is 35.3 Å². The highest BCUT2D eigenvalue weighted by molar-refractivity contribution is 7.17. The third kappa shape index (κ3) is 5.54. The summed E-state index contributed by atoms with van der Waals surface area (Å²) in [7, 11) is 1.30. The van der Waals surface area contributed by atoms with E-state index in [9.17, 15) is 9.59 Å². The van der Waals surface area contributed by atoms with Crippen LogP contribution in [-0.4, -0.2) is 32.2 Å². The van der Waals surface area contributed by atoms with Crippen LogP contribution in [0.25, 0.3) is 11.1 Å². The Kier molecular flexibility index (Phi) is 8.01. The molecule has 0 radical (unpaired) electrons. The molecule has 1 aromatic heterocycles. The van der Waals surface area contributed by atoms with Gasteiger partial charge in [0.25, 0.3) is 5.91 Å². The highest BCUT2D eigenvalue weighted by Crippen LogP contribution is 2.40. The second-order valence-electron chi connectivity index (χ2n) is 6.60. The zero-order chi connectivity index (χ0) is 23.3. The lowest BCUT2D eigenvalue weighted by molar-refractivity contribution is -0.118. The van der Waals surface area contributed by atoms with Crippen LogP contribution in [0, 0.1) is 6.92 Å². The van der Waals surface area contributed by atoms with E-state index in [1.165, 1.54) is 24.5 Å².